The fourth-order valence-electron chi connectivity index (χ4n) is 1.40. The molecule has 0 aliphatic heterocycles. The molecule has 0 aromatic carbocycles. The second kappa shape index (κ2) is 8.40. The second-order valence-corrected chi connectivity index (χ2v) is 6.02. The van der Waals surface area contributed by atoms with Crippen LogP contribution in [0.1, 0.15) is 26.7 Å². The van der Waals surface area contributed by atoms with E-state index >= 15 is 0 Å². The molecule has 0 rings (SSSR count). The highest BCUT2D eigenvalue weighted by atomic mass is 31.2. The van der Waals surface area contributed by atoms with Crippen LogP contribution >= 0.6 is 7.60 Å². The molecule has 0 aliphatic carbocycles. The van der Waals surface area contributed by atoms with Crippen LogP contribution in [0.4, 0.5) is 0 Å². The zero-order valence-electron chi connectivity index (χ0n) is 11.3. The van der Waals surface area contributed by atoms with Gasteiger partial charge in [0.15, 0.2) is 0 Å². The van der Waals surface area contributed by atoms with Crippen LogP contribution in [0.15, 0.2) is 0 Å². The maximum Gasteiger partial charge on any atom is 0.331 e. The summed E-state index contributed by atoms with van der Waals surface area (Å²) in [6.07, 6.45) is 0.163. The van der Waals surface area contributed by atoms with Crippen molar-refractivity contribution in [3.05, 3.63) is 0 Å². The largest absolute Gasteiger partial charge is 0.466 e. The van der Waals surface area contributed by atoms with E-state index in [0.717, 1.165) is 0 Å². The van der Waals surface area contributed by atoms with Gasteiger partial charge >= 0.3 is 13.6 Å². The predicted molar refractivity (Wildman–Crippen MR) is 66.5 cm³/mol. The van der Waals surface area contributed by atoms with Gasteiger partial charge in [0.1, 0.15) is 5.78 Å². The number of hydrogen-bond acceptors (Lipinski definition) is 6. The average molecular weight is 280 g/mol. The number of carbonyl (C=O) groups excluding carboxylic acids is 2. The number of ketones is 1. The minimum absolute atomic E-state index is 0.00789. The molecule has 0 N–H and O–H groups in total. The van der Waals surface area contributed by atoms with Crippen LogP contribution in [0.2, 0.25) is 0 Å². The van der Waals surface area contributed by atoms with Gasteiger partial charge in [-0.25, -0.2) is 0 Å². The summed E-state index contributed by atoms with van der Waals surface area (Å²) in [4.78, 5) is 23.1. The second-order valence-electron chi connectivity index (χ2n) is 3.70. The molecule has 0 aliphatic rings. The molecule has 18 heavy (non-hydrogen) atoms. The van der Waals surface area contributed by atoms with Gasteiger partial charge in [-0.05, 0) is 6.92 Å². The van der Waals surface area contributed by atoms with E-state index in [2.05, 4.69) is 0 Å². The van der Waals surface area contributed by atoms with Crippen molar-refractivity contribution in [3.8, 4) is 0 Å². The number of ether oxygens (including phenoxy) is 1. The lowest BCUT2D eigenvalue weighted by Crippen LogP contribution is -2.24. The van der Waals surface area contributed by atoms with Gasteiger partial charge < -0.3 is 13.8 Å². The molecule has 0 aromatic heterocycles. The van der Waals surface area contributed by atoms with Crippen molar-refractivity contribution in [1.29, 1.82) is 0 Å². The molecular weight excluding hydrogens is 259 g/mol. The highest BCUT2D eigenvalue weighted by Gasteiger charge is 2.33. The lowest BCUT2D eigenvalue weighted by Gasteiger charge is -2.19. The van der Waals surface area contributed by atoms with Crippen LogP contribution in [0, 0.1) is 5.92 Å². The van der Waals surface area contributed by atoms with E-state index in [-0.39, 0.29) is 25.0 Å². The molecule has 0 fully saturated rings. The van der Waals surface area contributed by atoms with E-state index < -0.39 is 19.5 Å². The molecule has 0 saturated heterocycles. The topological polar surface area (TPSA) is 78.9 Å². The third-order valence-electron chi connectivity index (χ3n) is 2.49. The first-order valence-electron chi connectivity index (χ1n) is 5.81. The Morgan fingerprint density at radius 2 is 1.72 bits per heavy atom. The molecule has 0 spiro atoms. The smallest absolute Gasteiger partial charge is 0.331 e. The Labute approximate surface area is 108 Å². The van der Waals surface area contributed by atoms with Gasteiger partial charge in [0.05, 0.1) is 18.7 Å². The molecule has 7 heteroatoms. The van der Waals surface area contributed by atoms with Gasteiger partial charge in [-0.15, -0.1) is 0 Å². The molecular formula is C11H21O6P. The molecule has 6 nitrogen and oxygen atoms in total. The van der Waals surface area contributed by atoms with Crippen LogP contribution in [-0.2, 0) is 27.9 Å². The summed E-state index contributed by atoms with van der Waals surface area (Å²) in [6.45, 7) is 3.58. The SMILES string of the molecule is CCOC(=O)C(CC(=O)CC)CP(=O)(OC)OC. The minimum atomic E-state index is -3.33. The molecule has 0 amide bonds. The summed E-state index contributed by atoms with van der Waals surface area (Å²) in [5.74, 6) is -1.43. The van der Waals surface area contributed by atoms with Crippen molar-refractivity contribution in [2.45, 2.75) is 26.7 Å². The fraction of sp³-hybridized carbons (Fsp3) is 0.818. The average Bonchev–Trinajstić information content (AvgIpc) is 2.37. The first-order valence-corrected chi connectivity index (χ1v) is 7.54. The molecule has 1 atom stereocenters. The Balaban J connectivity index is 4.81. The Kier molecular flexibility index (Phi) is 8.07. The van der Waals surface area contributed by atoms with Crippen LogP contribution in [0.5, 0.6) is 0 Å². The molecule has 0 heterocycles. The Morgan fingerprint density at radius 1 is 1.17 bits per heavy atom. The first-order chi connectivity index (χ1) is 8.42. The summed E-state index contributed by atoms with van der Waals surface area (Å²) < 4.78 is 26.4. The van der Waals surface area contributed by atoms with Crippen LogP contribution < -0.4 is 0 Å². The fourth-order valence-corrected chi connectivity index (χ4v) is 2.66. The van der Waals surface area contributed by atoms with Crippen LogP contribution in [0.3, 0.4) is 0 Å². The maximum atomic E-state index is 12.0. The van der Waals surface area contributed by atoms with Gasteiger partial charge in [0, 0.05) is 27.1 Å². The normalized spacial score (nSPS) is 13.1. The number of esters is 1. The summed E-state index contributed by atoms with van der Waals surface area (Å²) in [5.41, 5.74) is 0. The molecule has 0 aromatic rings. The van der Waals surface area contributed by atoms with Gasteiger partial charge in [0.25, 0.3) is 0 Å². The standard InChI is InChI=1S/C11H21O6P/c1-5-10(12)7-9(11(13)17-6-2)8-18(14,15-3)16-4/h9H,5-8H2,1-4H3. The van der Waals surface area contributed by atoms with Crippen molar-refractivity contribution >= 4 is 19.3 Å². The van der Waals surface area contributed by atoms with Crippen molar-refractivity contribution in [2.75, 3.05) is 27.0 Å². The van der Waals surface area contributed by atoms with E-state index in [4.69, 9.17) is 13.8 Å². The summed E-state index contributed by atoms with van der Waals surface area (Å²) in [5, 5.41) is 0. The zero-order chi connectivity index (χ0) is 14.2. The van der Waals surface area contributed by atoms with E-state index in [1.54, 1.807) is 13.8 Å². The van der Waals surface area contributed by atoms with Gasteiger partial charge in [0.2, 0.25) is 0 Å². The van der Waals surface area contributed by atoms with Gasteiger partial charge in [-0.3, -0.25) is 14.2 Å². The van der Waals surface area contributed by atoms with Crippen molar-refractivity contribution < 1.29 is 27.9 Å². The highest BCUT2D eigenvalue weighted by Crippen LogP contribution is 2.48. The molecule has 106 valence electrons. The quantitative estimate of drug-likeness (QED) is 0.475. The third kappa shape index (κ3) is 5.76. The number of Topliss-reactive ketones (excluding diaryl/α,β-unsaturated/α-hetero) is 1. The van der Waals surface area contributed by atoms with E-state index in [0.29, 0.717) is 6.42 Å². The lowest BCUT2D eigenvalue weighted by molar-refractivity contribution is -0.148. The minimum Gasteiger partial charge on any atom is -0.466 e. The summed E-state index contributed by atoms with van der Waals surface area (Å²) in [7, 11) is -0.846. The van der Waals surface area contributed by atoms with Gasteiger partial charge in [-0.2, -0.15) is 0 Å². The number of hydrogen-bond donors (Lipinski definition) is 0. The summed E-state index contributed by atoms with van der Waals surface area (Å²) in [6, 6.07) is 0. The van der Waals surface area contributed by atoms with Crippen molar-refractivity contribution in [2.24, 2.45) is 5.92 Å². The van der Waals surface area contributed by atoms with E-state index in [1.807, 2.05) is 0 Å². The Morgan fingerprint density at radius 3 is 2.11 bits per heavy atom. The highest BCUT2D eigenvalue weighted by molar-refractivity contribution is 7.53. The van der Waals surface area contributed by atoms with Gasteiger partial charge in [-0.1, -0.05) is 6.92 Å². The molecule has 0 bridgehead atoms. The molecule has 0 saturated carbocycles. The van der Waals surface area contributed by atoms with Crippen molar-refractivity contribution in [3.63, 3.8) is 0 Å². The summed E-state index contributed by atoms with van der Waals surface area (Å²) >= 11 is 0. The first kappa shape index (κ1) is 17.3. The monoisotopic (exact) mass is 280 g/mol. The zero-order valence-corrected chi connectivity index (χ0v) is 12.2. The van der Waals surface area contributed by atoms with E-state index in [1.165, 1.54) is 14.2 Å². The maximum absolute atomic E-state index is 12.0. The Bertz CT molecular complexity index is 319. The number of rotatable bonds is 9. The predicted octanol–water partition coefficient (Wildman–Crippen LogP) is 2.02. The molecule has 1 unspecified atom stereocenters. The lowest BCUT2D eigenvalue weighted by atomic mass is 10.0. The molecule has 0 radical (unpaired) electrons. The van der Waals surface area contributed by atoms with Crippen LogP contribution in [-0.4, -0.2) is 38.7 Å². The van der Waals surface area contributed by atoms with Crippen LogP contribution in [0.25, 0.3) is 0 Å². The third-order valence-corrected chi connectivity index (χ3v) is 4.49. The van der Waals surface area contributed by atoms with E-state index in [9.17, 15) is 14.2 Å². The number of carbonyl (C=O) groups is 2. The van der Waals surface area contributed by atoms with Crippen molar-refractivity contribution in [1.82, 2.24) is 0 Å². The Hall–Kier alpha value is -0.710.